The van der Waals surface area contributed by atoms with E-state index in [4.69, 9.17) is 23.2 Å². The van der Waals surface area contributed by atoms with E-state index in [2.05, 4.69) is 13.9 Å². The second-order valence-electron chi connectivity index (χ2n) is 1.75. The fraction of sp³-hybridized carbons (Fsp3) is 0. The van der Waals surface area contributed by atoms with Gasteiger partial charge in [0.25, 0.3) is 11.9 Å². The van der Waals surface area contributed by atoms with Crippen molar-refractivity contribution in [2.45, 2.75) is 0 Å². The minimum atomic E-state index is -1.06. The Hall–Kier alpha value is -1.20. The Morgan fingerprint density at radius 2 is 1.46 bits per heavy atom. The zero-order chi connectivity index (χ0) is 9.84. The van der Waals surface area contributed by atoms with E-state index in [9.17, 15) is 9.59 Å². The highest BCUT2D eigenvalue weighted by Gasteiger charge is 2.09. The van der Waals surface area contributed by atoms with Gasteiger partial charge in [-0.15, -0.1) is 0 Å². The van der Waals surface area contributed by atoms with Crippen molar-refractivity contribution in [3.8, 4) is 11.9 Å². The lowest BCUT2D eigenvalue weighted by Crippen LogP contribution is -1.95. The van der Waals surface area contributed by atoms with Gasteiger partial charge in [-0.05, 0) is 0 Å². The molecule has 0 bridgehead atoms. The van der Waals surface area contributed by atoms with E-state index >= 15 is 0 Å². The van der Waals surface area contributed by atoms with Crippen molar-refractivity contribution in [1.29, 1.82) is 0 Å². The van der Waals surface area contributed by atoms with Gasteiger partial charge in [-0.1, -0.05) is 0 Å². The number of furan rings is 1. The molecule has 0 unspecified atom stereocenters. The van der Waals surface area contributed by atoms with E-state index < -0.39 is 10.9 Å². The Bertz CT molecular complexity index is 301. The van der Waals surface area contributed by atoms with Gasteiger partial charge in [-0.25, -0.2) is 9.59 Å². The summed E-state index contributed by atoms with van der Waals surface area (Å²) < 4.78 is 13.3. The summed E-state index contributed by atoms with van der Waals surface area (Å²) in [6, 6.07) is 2.49. The third-order valence-corrected chi connectivity index (χ3v) is 1.07. The molecule has 1 heterocycles. The van der Waals surface area contributed by atoms with E-state index in [0.717, 1.165) is 0 Å². The van der Waals surface area contributed by atoms with Gasteiger partial charge in [0.2, 0.25) is 0 Å². The van der Waals surface area contributed by atoms with Gasteiger partial charge in [0.15, 0.2) is 0 Å². The van der Waals surface area contributed by atoms with Gasteiger partial charge in [0, 0.05) is 35.3 Å². The zero-order valence-electron chi connectivity index (χ0n) is 5.95. The summed E-state index contributed by atoms with van der Waals surface area (Å²) in [5, 5.41) is 0. The third-order valence-electron chi connectivity index (χ3n) is 0.918. The van der Waals surface area contributed by atoms with Crippen molar-refractivity contribution < 1.29 is 23.5 Å². The number of hydrogen-bond donors (Lipinski definition) is 0. The molecule has 0 radical (unpaired) electrons. The molecule has 0 aliphatic carbocycles. The van der Waals surface area contributed by atoms with Crippen LogP contribution in [0.25, 0.3) is 0 Å². The standard InChI is InChI=1S/C6H2Cl2O5/c7-5(9)12-3-1-2-4(11-3)13-6(8)10/h1-2H. The van der Waals surface area contributed by atoms with Gasteiger partial charge in [0.1, 0.15) is 0 Å². The van der Waals surface area contributed by atoms with Crippen molar-refractivity contribution in [3.05, 3.63) is 12.1 Å². The molecule has 1 aromatic rings. The second kappa shape index (κ2) is 4.15. The van der Waals surface area contributed by atoms with E-state index in [1.54, 1.807) is 0 Å². The van der Waals surface area contributed by atoms with Crippen molar-refractivity contribution >= 4 is 34.1 Å². The lowest BCUT2D eigenvalue weighted by molar-refractivity contribution is 0.197. The maximum Gasteiger partial charge on any atom is 0.411 e. The Kier molecular flexibility index (Phi) is 3.16. The first-order valence-corrected chi connectivity index (χ1v) is 3.68. The summed E-state index contributed by atoms with van der Waals surface area (Å²) >= 11 is 9.74. The average Bonchev–Trinajstić information content (AvgIpc) is 2.33. The summed E-state index contributed by atoms with van der Waals surface area (Å²) in [7, 11) is 0. The second-order valence-corrected chi connectivity index (χ2v) is 2.37. The van der Waals surface area contributed by atoms with Crippen LogP contribution in [-0.2, 0) is 0 Å². The molecule has 5 nitrogen and oxygen atoms in total. The van der Waals surface area contributed by atoms with Crippen molar-refractivity contribution in [3.63, 3.8) is 0 Å². The fourth-order valence-electron chi connectivity index (χ4n) is 0.571. The molecule has 1 rings (SSSR count). The quantitative estimate of drug-likeness (QED) is 0.723. The Morgan fingerprint density at radius 3 is 1.77 bits per heavy atom. The molecule has 7 heteroatoms. The highest BCUT2D eigenvalue weighted by molar-refractivity contribution is 6.61. The number of hydrogen-bond acceptors (Lipinski definition) is 5. The van der Waals surface area contributed by atoms with Crippen LogP contribution in [0.1, 0.15) is 0 Å². The largest absolute Gasteiger partial charge is 0.411 e. The first-order chi connectivity index (χ1) is 6.08. The van der Waals surface area contributed by atoms with Gasteiger partial charge in [-0.3, -0.25) is 0 Å². The molecular weight excluding hydrogens is 223 g/mol. The molecule has 0 amide bonds. The maximum atomic E-state index is 10.2. The van der Waals surface area contributed by atoms with E-state index in [-0.39, 0.29) is 11.9 Å². The van der Waals surface area contributed by atoms with E-state index in [0.29, 0.717) is 0 Å². The minimum Gasteiger partial charge on any atom is -0.392 e. The van der Waals surface area contributed by atoms with Crippen LogP contribution >= 0.6 is 23.2 Å². The van der Waals surface area contributed by atoms with E-state index in [1.807, 2.05) is 0 Å². The molecule has 0 spiro atoms. The molecule has 13 heavy (non-hydrogen) atoms. The molecule has 70 valence electrons. The van der Waals surface area contributed by atoms with Crippen LogP contribution in [0.15, 0.2) is 16.5 Å². The summed E-state index contributed by atoms with van der Waals surface area (Å²) in [5.74, 6) is -0.374. The Labute approximate surface area is 82.1 Å². The maximum absolute atomic E-state index is 10.2. The molecule has 0 N–H and O–H groups in total. The Morgan fingerprint density at radius 1 is 1.08 bits per heavy atom. The molecular formula is C6H2Cl2O5. The molecule has 0 atom stereocenters. The number of carbonyl (C=O) groups excluding carboxylic acids is 2. The van der Waals surface area contributed by atoms with Gasteiger partial charge in [-0.2, -0.15) is 0 Å². The molecule has 0 saturated carbocycles. The molecule has 0 aliphatic rings. The van der Waals surface area contributed by atoms with Crippen molar-refractivity contribution in [1.82, 2.24) is 0 Å². The third kappa shape index (κ3) is 3.35. The fourth-order valence-corrected chi connectivity index (χ4v) is 0.723. The normalized spacial score (nSPS) is 9.38. The monoisotopic (exact) mass is 224 g/mol. The van der Waals surface area contributed by atoms with Crippen LogP contribution in [-0.4, -0.2) is 10.9 Å². The number of carbonyl (C=O) groups is 2. The van der Waals surface area contributed by atoms with Crippen LogP contribution in [0.5, 0.6) is 11.9 Å². The molecule has 0 aromatic carbocycles. The topological polar surface area (TPSA) is 65.7 Å². The summed E-state index contributed by atoms with van der Waals surface area (Å²) in [5.41, 5.74) is -2.11. The average molecular weight is 225 g/mol. The molecule has 0 saturated heterocycles. The first kappa shape index (κ1) is 9.88. The van der Waals surface area contributed by atoms with Crippen LogP contribution in [0.3, 0.4) is 0 Å². The molecule has 0 fully saturated rings. The van der Waals surface area contributed by atoms with Crippen molar-refractivity contribution in [2.75, 3.05) is 0 Å². The highest BCUT2D eigenvalue weighted by Crippen LogP contribution is 2.23. The zero-order valence-corrected chi connectivity index (χ0v) is 7.46. The number of halogens is 2. The smallest absolute Gasteiger partial charge is 0.392 e. The number of ether oxygens (including phenoxy) is 2. The summed E-state index contributed by atoms with van der Waals surface area (Å²) in [6.45, 7) is 0. The van der Waals surface area contributed by atoms with Gasteiger partial charge < -0.3 is 13.9 Å². The molecule has 1 aromatic heterocycles. The van der Waals surface area contributed by atoms with E-state index in [1.165, 1.54) is 12.1 Å². The van der Waals surface area contributed by atoms with Crippen LogP contribution < -0.4 is 9.47 Å². The van der Waals surface area contributed by atoms with Crippen molar-refractivity contribution in [2.24, 2.45) is 0 Å². The predicted molar refractivity (Wildman–Crippen MR) is 42.5 cm³/mol. The lowest BCUT2D eigenvalue weighted by atomic mass is 10.6. The number of rotatable bonds is 2. The van der Waals surface area contributed by atoms with Gasteiger partial charge in [0.05, 0.1) is 0 Å². The first-order valence-electron chi connectivity index (χ1n) is 2.92. The van der Waals surface area contributed by atoms with Crippen LogP contribution in [0.4, 0.5) is 9.59 Å². The van der Waals surface area contributed by atoms with Gasteiger partial charge >= 0.3 is 10.9 Å². The SMILES string of the molecule is O=C(Cl)Oc1ccc(OC(=O)Cl)o1. The minimum absolute atomic E-state index is 0.187. The van der Waals surface area contributed by atoms with Crippen LogP contribution in [0, 0.1) is 0 Å². The Balaban J connectivity index is 2.63. The molecule has 0 aliphatic heterocycles. The summed E-state index contributed by atoms with van der Waals surface area (Å²) in [6.07, 6.45) is 0. The van der Waals surface area contributed by atoms with Crippen LogP contribution in [0.2, 0.25) is 0 Å². The predicted octanol–water partition coefficient (Wildman–Crippen LogP) is 2.75. The summed E-state index contributed by atoms with van der Waals surface area (Å²) in [4.78, 5) is 20.4. The lowest BCUT2D eigenvalue weighted by Gasteiger charge is -1.93. The highest BCUT2D eigenvalue weighted by atomic mass is 35.5.